The molecule has 0 saturated heterocycles. The number of nitrogens with one attached hydrogen (secondary N) is 1. The van der Waals surface area contributed by atoms with E-state index < -0.39 is 0 Å². The lowest BCUT2D eigenvalue weighted by molar-refractivity contribution is 0.0860. The molecule has 3 atom stereocenters. The minimum atomic E-state index is -0.142. The second-order valence-corrected chi connectivity index (χ2v) is 6.61. The normalized spacial score (nSPS) is 27.0. The van der Waals surface area contributed by atoms with Gasteiger partial charge in [-0.1, -0.05) is 12.8 Å². The lowest BCUT2D eigenvalue weighted by atomic mass is 9.92. The predicted molar refractivity (Wildman–Crippen MR) is 73.6 cm³/mol. The number of thiophene rings is 1. The molecule has 1 heterocycles. The Balaban J connectivity index is 1.82. The van der Waals surface area contributed by atoms with Gasteiger partial charge >= 0.3 is 0 Å². The fourth-order valence-electron chi connectivity index (χ4n) is 2.63. The van der Waals surface area contributed by atoms with Crippen molar-refractivity contribution in [2.45, 2.75) is 64.1 Å². The molecule has 1 aromatic rings. The molecule has 3 unspecified atom stereocenters. The molecular weight excluding hydrogens is 230 g/mol. The smallest absolute Gasteiger partial charge is 0.0693 e. The van der Waals surface area contributed by atoms with Crippen LogP contribution in [0.2, 0.25) is 0 Å². The summed E-state index contributed by atoms with van der Waals surface area (Å²) in [6, 6.07) is 5.16. The Bertz CT molecular complexity index is 350. The molecule has 0 aliphatic heterocycles. The van der Waals surface area contributed by atoms with Crippen LogP contribution in [0.4, 0.5) is 0 Å². The molecule has 0 amide bonds. The third kappa shape index (κ3) is 3.80. The van der Waals surface area contributed by atoms with Gasteiger partial charge in [-0.2, -0.15) is 0 Å². The minimum Gasteiger partial charge on any atom is -0.392 e. The van der Waals surface area contributed by atoms with E-state index in [1.54, 1.807) is 0 Å². The first-order chi connectivity index (χ1) is 8.15. The van der Waals surface area contributed by atoms with Gasteiger partial charge in [-0.15, -0.1) is 11.3 Å². The Hall–Kier alpha value is -0.380. The van der Waals surface area contributed by atoms with Gasteiger partial charge in [-0.05, 0) is 45.2 Å². The van der Waals surface area contributed by atoms with Crippen molar-refractivity contribution in [3.05, 3.63) is 21.9 Å². The van der Waals surface area contributed by atoms with Gasteiger partial charge < -0.3 is 10.4 Å². The van der Waals surface area contributed by atoms with E-state index in [2.05, 4.69) is 31.3 Å². The average Bonchev–Trinajstić information content (AvgIpc) is 2.67. The van der Waals surface area contributed by atoms with Gasteiger partial charge in [0.15, 0.2) is 0 Å². The first-order valence-corrected chi connectivity index (χ1v) is 7.46. The van der Waals surface area contributed by atoms with Crippen molar-refractivity contribution in [3.63, 3.8) is 0 Å². The fourth-order valence-corrected chi connectivity index (χ4v) is 3.65. The maximum Gasteiger partial charge on any atom is 0.0693 e. The van der Waals surface area contributed by atoms with E-state index in [-0.39, 0.29) is 6.10 Å². The summed E-state index contributed by atoms with van der Waals surface area (Å²) in [7, 11) is 0. The van der Waals surface area contributed by atoms with Crippen LogP contribution in [-0.4, -0.2) is 23.3 Å². The minimum absolute atomic E-state index is 0.142. The van der Waals surface area contributed by atoms with Crippen molar-refractivity contribution < 1.29 is 5.11 Å². The summed E-state index contributed by atoms with van der Waals surface area (Å²) < 4.78 is 0. The first kappa shape index (κ1) is 13.1. The van der Waals surface area contributed by atoms with Crippen LogP contribution in [0, 0.1) is 6.92 Å². The maximum atomic E-state index is 9.93. The summed E-state index contributed by atoms with van der Waals surface area (Å²) >= 11 is 1.88. The zero-order chi connectivity index (χ0) is 12.3. The molecule has 2 nitrogen and oxygen atoms in total. The Kier molecular flexibility index (Phi) is 4.60. The highest BCUT2D eigenvalue weighted by atomic mass is 32.1. The summed E-state index contributed by atoms with van der Waals surface area (Å²) in [6.07, 6.45) is 5.44. The van der Waals surface area contributed by atoms with E-state index in [9.17, 15) is 5.11 Å². The van der Waals surface area contributed by atoms with E-state index in [1.165, 1.54) is 22.6 Å². The third-order valence-electron chi connectivity index (χ3n) is 3.53. The highest BCUT2D eigenvalue weighted by Crippen LogP contribution is 2.20. The summed E-state index contributed by atoms with van der Waals surface area (Å²) in [5.41, 5.74) is 0. The summed E-state index contributed by atoms with van der Waals surface area (Å²) in [5, 5.41) is 13.5. The number of hydrogen-bond donors (Lipinski definition) is 2. The van der Waals surface area contributed by atoms with Crippen molar-refractivity contribution in [2.24, 2.45) is 0 Å². The predicted octanol–water partition coefficient (Wildman–Crippen LogP) is 2.88. The van der Waals surface area contributed by atoms with Crippen molar-refractivity contribution in [2.75, 3.05) is 0 Å². The SMILES string of the molecule is Cc1ccc(CC(C)NC2CCCCC2O)s1. The van der Waals surface area contributed by atoms with Gasteiger partial charge in [0.05, 0.1) is 6.10 Å². The van der Waals surface area contributed by atoms with E-state index in [4.69, 9.17) is 0 Å². The number of rotatable bonds is 4. The van der Waals surface area contributed by atoms with Crippen molar-refractivity contribution in [1.29, 1.82) is 0 Å². The quantitative estimate of drug-likeness (QED) is 0.865. The van der Waals surface area contributed by atoms with Gasteiger partial charge in [-0.3, -0.25) is 0 Å². The Morgan fingerprint density at radius 1 is 1.41 bits per heavy atom. The molecule has 0 aromatic carbocycles. The fraction of sp³-hybridized carbons (Fsp3) is 0.714. The molecule has 1 aliphatic rings. The molecule has 0 bridgehead atoms. The largest absolute Gasteiger partial charge is 0.392 e. The monoisotopic (exact) mass is 253 g/mol. The molecule has 1 fully saturated rings. The first-order valence-electron chi connectivity index (χ1n) is 6.64. The second-order valence-electron chi connectivity index (χ2n) is 5.24. The molecule has 0 radical (unpaired) electrons. The highest BCUT2D eigenvalue weighted by Gasteiger charge is 2.24. The third-order valence-corrected chi connectivity index (χ3v) is 4.55. The number of hydrogen-bond acceptors (Lipinski definition) is 3. The molecule has 96 valence electrons. The van der Waals surface area contributed by atoms with Gasteiger partial charge in [0.25, 0.3) is 0 Å². The van der Waals surface area contributed by atoms with Gasteiger partial charge in [0, 0.05) is 21.8 Å². The Morgan fingerprint density at radius 2 is 2.18 bits per heavy atom. The second kappa shape index (κ2) is 5.98. The van der Waals surface area contributed by atoms with Crippen LogP contribution in [0.3, 0.4) is 0 Å². The van der Waals surface area contributed by atoms with Crippen LogP contribution in [-0.2, 0) is 6.42 Å². The summed E-state index contributed by atoms with van der Waals surface area (Å²) in [5.74, 6) is 0. The number of aliphatic hydroxyl groups is 1. The highest BCUT2D eigenvalue weighted by molar-refractivity contribution is 7.11. The number of aryl methyl sites for hydroxylation is 1. The van der Waals surface area contributed by atoms with E-state index in [0.29, 0.717) is 12.1 Å². The van der Waals surface area contributed by atoms with E-state index >= 15 is 0 Å². The average molecular weight is 253 g/mol. The van der Waals surface area contributed by atoms with Crippen molar-refractivity contribution in [1.82, 2.24) is 5.32 Å². The van der Waals surface area contributed by atoms with E-state index in [0.717, 1.165) is 19.3 Å². The zero-order valence-corrected chi connectivity index (χ0v) is 11.6. The maximum absolute atomic E-state index is 9.93. The van der Waals surface area contributed by atoms with Gasteiger partial charge in [0.1, 0.15) is 0 Å². The lowest BCUT2D eigenvalue weighted by Crippen LogP contribution is -2.46. The van der Waals surface area contributed by atoms with Crippen molar-refractivity contribution in [3.8, 4) is 0 Å². The molecule has 0 spiro atoms. The van der Waals surface area contributed by atoms with Gasteiger partial charge in [0.2, 0.25) is 0 Å². The molecule has 1 aliphatic carbocycles. The van der Waals surface area contributed by atoms with Crippen LogP contribution in [0.25, 0.3) is 0 Å². The van der Waals surface area contributed by atoms with Crippen LogP contribution in [0.5, 0.6) is 0 Å². The van der Waals surface area contributed by atoms with Crippen LogP contribution < -0.4 is 5.32 Å². The topological polar surface area (TPSA) is 32.3 Å². The molecule has 2 rings (SSSR count). The Labute approximate surface area is 108 Å². The molecular formula is C14H23NOS. The number of aliphatic hydroxyl groups excluding tert-OH is 1. The lowest BCUT2D eigenvalue weighted by Gasteiger charge is -2.31. The van der Waals surface area contributed by atoms with Gasteiger partial charge in [-0.25, -0.2) is 0 Å². The standard InChI is InChI=1S/C14H23NOS/c1-10(9-12-8-7-11(2)17-12)15-13-5-3-4-6-14(13)16/h7-8,10,13-16H,3-6,9H2,1-2H3. The summed E-state index contributed by atoms with van der Waals surface area (Å²) in [6.45, 7) is 4.37. The van der Waals surface area contributed by atoms with Crippen LogP contribution in [0.1, 0.15) is 42.4 Å². The van der Waals surface area contributed by atoms with Crippen molar-refractivity contribution >= 4 is 11.3 Å². The van der Waals surface area contributed by atoms with E-state index in [1.807, 2.05) is 11.3 Å². The zero-order valence-electron chi connectivity index (χ0n) is 10.8. The molecule has 3 heteroatoms. The van der Waals surface area contributed by atoms with Crippen LogP contribution >= 0.6 is 11.3 Å². The molecule has 2 N–H and O–H groups in total. The Morgan fingerprint density at radius 3 is 2.82 bits per heavy atom. The summed E-state index contributed by atoms with van der Waals surface area (Å²) in [4.78, 5) is 2.82. The van der Waals surface area contributed by atoms with Crippen LogP contribution in [0.15, 0.2) is 12.1 Å². The molecule has 1 saturated carbocycles. The molecule has 1 aromatic heterocycles. The molecule has 17 heavy (non-hydrogen) atoms.